The number of carbonyl (C=O) groups excluding carboxylic acids is 1. The Balaban J connectivity index is 1.68. The van der Waals surface area contributed by atoms with Gasteiger partial charge in [-0.2, -0.15) is 14.4 Å². The number of aryl methyl sites for hydroxylation is 1. The Labute approximate surface area is 208 Å². The van der Waals surface area contributed by atoms with Gasteiger partial charge in [-0.3, -0.25) is 4.79 Å². The van der Waals surface area contributed by atoms with Crippen molar-refractivity contribution < 1.29 is 18.7 Å². The van der Waals surface area contributed by atoms with Crippen molar-refractivity contribution in [3.8, 4) is 12.3 Å². The number of imidazole rings is 1. The maximum atomic E-state index is 13.6. The maximum Gasteiger partial charge on any atom is 0.312 e. The van der Waals surface area contributed by atoms with Crippen LogP contribution in [0.2, 0.25) is 0 Å². The molecule has 0 spiro atoms. The molecule has 0 aliphatic carbocycles. The van der Waals surface area contributed by atoms with E-state index in [4.69, 9.17) is 21.6 Å². The van der Waals surface area contributed by atoms with Gasteiger partial charge in [0.15, 0.2) is 17.1 Å². The van der Waals surface area contributed by atoms with Gasteiger partial charge in [0.2, 0.25) is 0 Å². The number of aromatic nitrogens is 4. The zero-order valence-corrected chi connectivity index (χ0v) is 21.2. The minimum absolute atomic E-state index is 0.0301. The van der Waals surface area contributed by atoms with Gasteiger partial charge in [0.25, 0.3) is 0 Å². The molecule has 0 fully saturated rings. The number of terminal acetylenes is 1. The van der Waals surface area contributed by atoms with Crippen LogP contribution < -0.4 is 5.73 Å². The number of unbranched alkanes of at least 4 members (excludes halogenated alkanes) is 10. The number of nitrogen functional groups attached to an aromatic ring is 1. The molecule has 0 aliphatic heterocycles. The Morgan fingerprint density at radius 2 is 1.74 bits per heavy atom. The molecule has 194 valence electrons. The minimum atomic E-state index is -1.11. The first kappa shape index (κ1) is 28.5. The molecule has 1 unspecified atom stereocenters. The molecule has 2 rings (SSSR count). The quantitative estimate of drug-likeness (QED) is 0.133. The first-order valence-corrected chi connectivity index (χ1v) is 12.8. The third-order valence-corrected chi connectivity index (χ3v) is 6.32. The fraction of sp³-hybridized carbons (Fsp3) is 0.692. The van der Waals surface area contributed by atoms with Gasteiger partial charge in [0.1, 0.15) is 12.1 Å². The van der Waals surface area contributed by atoms with Crippen LogP contribution in [0.15, 0.2) is 6.33 Å². The lowest BCUT2D eigenvalue weighted by molar-refractivity contribution is -0.150. The second-order valence-electron chi connectivity index (χ2n) is 9.03. The molecule has 2 N–H and O–H groups in total. The Morgan fingerprint density at radius 3 is 2.34 bits per heavy atom. The largest absolute Gasteiger partial charge is 0.462 e. The number of hydrogen-bond donors (Lipinski definition) is 1. The van der Waals surface area contributed by atoms with Crippen LogP contribution in [-0.2, 0) is 20.8 Å². The van der Waals surface area contributed by atoms with E-state index in [1.54, 1.807) is 4.57 Å². The molecule has 8 nitrogen and oxygen atoms in total. The molecule has 9 heteroatoms. The van der Waals surface area contributed by atoms with E-state index in [0.29, 0.717) is 24.9 Å². The number of carbonyl (C=O) groups is 1. The Morgan fingerprint density at radius 1 is 1.11 bits per heavy atom. The molecule has 0 bridgehead atoms. The zero-order chi connectivity index (χ0) is 25.5. The van der Waals surface area contributed by atoms with Crippen molar-refractivity contribution in [2.45, 2.75) is 103 Å². The summed E-state index contributed by atoms with van der Waals surface area (Å²) in [5.41, 5.74) is 5.18. The van der Waals surface area contributed by atoms with Gasteiger partial charge in [-0.15, -0.1) is 6.42 Å². The summed E-state index contributed by atoms with van der Waals surface area (Å²) in [4.78, 5) is 23.6. The first-order valence-electron chi connectivity index (χ1n) is 12.8. The number of ether oxygens (including phenoxy) is 2. The van der Waals surface area contributed by atoms with Crippen LogP contribution in [-0.4, -0.2) is 44.8 Å². The normalized spacial score (nSPS) is 13.0. The van der Waals surface area contributed by atoms with E-state index in [2.05, 4.69) is 27.8 Å². The average molecular weight is 490 g/mol. The molecule has 0 saturated carbocycles. The average Bonchev–Trinajstić information content (AvgIpc) is 3.26. The van der Waals surface area contributed by atoms with Crippen LogP contribution in [0, 0.1) is 18.4 Å². The summed E-state index contributed by atoms with van der Waals surface area (Å²) >= 11 is 0. The Hall–Kier alpha value is -2.73. The molecule has 0 saturated heterocycles. The van der Waals surface area contributed by atoms with Crippen LogP contribution in [0.4, 0.5) is 10.2 Å². The van der Waals surface area contributed by atoms with Gasteiger partial charge >= 0.3 is 12.0 Å². The van der Waals surface area contributed by atoms with Crippen molar-refractivity contribution in [2.75, 3.05) is 19.5 Å². The number of anilines is 1. The summed E-state index contributed by atoms with van der Waals surface area (Å²) in [5, 5.41) is 0. The first-order chi connectivity index (χ1) is 16.9. The summed E-state index contributed by atoms with van der Waals surface area (Å²) in [6.45, 7) is 2.50. The van der Waals surface area contributed by atoms with Crippen molar-refractivity contribution in [3.63, 3.8) is 0 Å². The molecule has 2 aromatic heterocycles. The summed E-state index contributed by atoms with van der Waals surface area (Å²) < 4.78 is 26.2. The van der Waals surface area contributed by atoms with E-state index in [1.165, 1.54) is 64.8 Å². The molecule has 0 aliphatic rings. The maximum absolute atomic E-state index is 13.6. The Bertz CT molecular complexity index is 958. The van der Waals surface area contributed by atoms with Crippen molar-refractivity contribution in [1.82, 2.24) is 19.5 Å². The number of rotatable bonds is 18. The third-order valence-electron chi connectivity index (χ3n) is 6.32. The van der Waals surface area contributed by atoms with Crippen LogP contribution in [0.1, 0.15) is 90.4 Å². The van der Waals surface area contributed by atoms with Crippen LogP contribution in [0.25, 0.3) is 11.2 Å². The number of fused-ring (bicyclic) bond motifs is 1. The van der Waals surface area contributed by atoms with E-state index in [1.807, 2.05) is 0 Å². The van der Waals surface area contributed by atoms with Gasteiger partial charge in [-0.25, -0.2) is 4.98 Å². The van der Waals surface area contributed by atoms with Crippen LogP contribution in [0.5, 0.6) is 0 Å². The van der Waals surface area contributed by atoms with E-state index < -0.39 is 11.7 Å². The summed E-state index contributed by atoms with van der Waals surface area (Å²) in [6.07, 6.45) is 20.4. The molecular weight excluding hydrogens is 449 g/mol. The minimum Gasteiger partial charge on any atom is -0.462 e. The molecule has 0 aromatic carbocycles. The third kappa shape index (κ3) is 9.44. The number of nitrogens with zero attached hydrogens (tertiary/aromatic N) is 4. The molecule has 35 heavy (non-hydrogen) atoms. The summed E-state index contributed by atoms with van der Waals surface area (Å²) in [6, 6.07) is 0. The SMILES string of the molecule is C#CC(CCn1cnc2c(N)nc(F)nc21)(COC(=O)CCCCCCCCCCCCC)OC. The fourth-order valence-electron chi connectivity index (χ4n) is 4.01. The Kier molecular flexibility index (Phi) is 12.5. The smallest absolute Gasteiger partial charge is 0.312 e. The number of esters is 1. The van der Waals surface area contributed by atoms with Crippen molar-refractivity contribution in [1.29, 1.82) is 0 Å². The van der Waals surface area contributed by atoms with Crippen LogP contribution in [0.3, 0.4) is 0 Å². The van der Waals surface area contributed by atoms with E-state index in [9.17, 15) is 9.18 Å². The van der Waals surface area contributed by atoms with Gasteiger partial charge in [0.05, 0.1) is 6.33 Å². The highest BCUT2D eigenvalue weighted by atomic mass is 19.1. The second kappa shape index (κ2) is 15.3. The predicted molar refractivity (Wildman–Crippen MR) is 135 cm³/mol. The lowest BCUT2D eigenvalue weighted by Crippen LogP contribution is -2.37. The topological polar surface area (TPSA) is 105 Å². The van der Waals surface area contributed by atoms with Gasteiger partial charge < -0.3 is 19.8 Å². The van der Waals surface area contributed by atoms with E-state index in [-0.39, 0.29) is 24.0 Å². The zero-order valence-electron chi connectivity index (χ0n) is 21.2. The van der Waals surface area contributed by atoms with Crippen LogP contribution >= 0.6 is 0 Å². The lowest BCUT2D eigenvalue weighted by Gasteiger charge is -2.26. The molecule has 2 heterocycles. The predicted octanol–water partition coefficient (Wildman–Crippen LogP) is 5.20. The molecule has 1 atom stereocenters. The number of methoxy groups -OCH3 is 1. The molecule has 2 aromatic rings. The van der Waals surface area contributed by atoms with Gasteiger partial charge in [-0.1, -0.05) is 77.1 Å². The van der Waals surface area contributed by atoms with Crippen molar-refractivity contribution in [3.05, 3.63) is 12.4 Å². The lowest BCUT2D eigenvalue weighted by atomic mass is 10.0. The van der Waals surface area contributed by atoms with Crippen molar-refractivity contribution in [2.24, 2.45) is 0 Å². The van der Waals surface area contributed by atoms with Gasteiger partial charge in [-0.05, 0) is 6.42 Å². The van der Waals surface area contributed by atoms with Gasteiger partial charge in [0, 0.05) is 26.5 Å². The molecule has 0 radical (unpaired) electrons. The molecular formula is C26H40FN5O3. The van der Waals surface area contributed by atoms with Crippen molar-refractivity contribution >= 4 is 23.0 Å². The fourth-order valence-corrected chi connectivity index (χ4v) is 4.01. The highest BCUT2D eigenvalue weighted by molar-refractivity contribution is 5.81. The summed E-state index contributed by atoms with van der Waals surface area (Å²) in [5.74, 6) is 2.29. The standard InChI is InChI=1S/C26H40FN5O3/c1-4-6-7-8-9-10-11-12-13-14-15-16-21(33)35-19-26(5-2,34-3)17-18-32-20-29-22-23(28)30-25(27)31-24(22)32/h2,20H,4,6-19H2,1,3H3,(H2,28,30,31). The second-order valence-corrected chi connectivity index (χ2v) is 9.03. The summed E-state index contributed by atoms with van der Waals surface area (Å²) in [7, 11) is 1.48. The number of nitrogens with two attached hydrogens (primary N) is 1. The number of halogens is 1. The highest BCUT2D eigenvalue weighted by Crippen LogP contribution is 2.21. The highest BCUT2D eigenvalue weighted by Gasteiger charge is 2.30. The monoisotopic (exact) mass is 489 g/mol. The van der Waals surface area contributed by atoms with E-state index >= 15 is 0 Å². The number of hydrogen-bond acceptors (Lipinski definition) is 7. The molecule has 0 amide bonds. The van der Waals surface area contributed by atoms with E-state index in [0.717, 1.165) is 19.3 Å².